The van der Waals surface area contributed by atoms with Crippen LogP contribution in [0.15, 0.2) is 59.6 Å². The number of methoxy groups -OCH3 is 1. The molecule has 3 heterocycles. The minimum atomic E-state index is -0.120. The van der Waals surface area contributed by atoms with Gasteiger partial charge in [0, 0.05) is 37.9 Å². The van der Waals surface area contributed by atoms with Gasteiger partial charge in [-0.1, -0.05) is 23.9 Å². The van der Waals surface area contributed by atoms with Crippen LogP contribution in [0, 0.1) is 0 Å². The lowest BCUT2D eigenvalue weighted by Gasteiger charge is -2.37. The number of fused-ring (bicyclic) bond motifs is 1. The quantitative estimate of drug-likeness (QED) is 0.498. The number of ether oxygens (including phenoxy) is 3. The van der Waals surface area contributed by atoms with Gasteiger partial charge in [-0.05, 0) is 36.4 Å². The summed E-state index contributed by atoms with van der Waals surface area (Å²) >= 11 is 1.35. The SMILES string of the molecule is COc1ccccc1N1CCN(c2ccc(SCC(=O)Nc3ccc4c(c3)OCCO4)nn2)CC1. The average Bonchev–Trinajstić information content (AvgIpc) is 2.92. The zero-order valence-corrected chi connectivity index (χ0v) is 20.3. The molecule has 2 aromatic carbocycles. The van der Waals surface area contributed by atoms with E-state index in [1.54, 1.807) is 25.3 Å². The summed E-state index contributed by atoms with van der Waals surface area (Å²) in [7, 11) is 1.70. The molecule has 1 N–H and O–H groups in total. The zero-order valence-electron chi connectivity index (χ0n) is 19.5. The second kappa shape index (κ2) is 10.7. The van der Waals surface area contributed by atoms with E-state index >= 15 is 0 Å². The summed E-state index contributed by atoms with van der Waals surface area (Å²) in [6, 6.07) is 17.3. The Kier molecular flexibility index (Phi) is 7.08. The summed E-state index contributed by atoms with van der Waals surface area (Å²) in [4.78, 5) is 16.9. The molecule has 0 spiro atoms. The van der Waals surface area contributed by atoms with Gasteiger partial charge in [0.05, 0.1) is 18.6 Å². The maximum absolute atomic E-state index is 12.4. The highest BCUT2D eigenvalue weighted by Gasteiger charge is 2.21. The highest BCUT2D eigenvalue weighted by atomic mass is 32.2. The Morgan fingerprint density at radius 1 is 0.971 bits per heavy atom. The van der Waals surface area contributed by atoms with Crippen molar-refractivity contribution < 1.29 is 19.0 Å². The lowest BCUT2D eigenvalue weighted by molar-refractivity contribution is -0.113. The number of nitrogens with one attached hydrogen (secondary N) is 1. The minimum absolute atomic E-state index is 0.120. The summed E-state index contributed by atoms with van der Waals surface area (Å²) in [6.45, 7) is 4.48. The van der Waals surface area contributed by atoms with Crippen LogP contribution in [0.4, 0.5) is 17.2 Å². The van der Waals surface area contributed by atoms with Crippen molar-refractivity contribution in [2.24, 2.45) is 0 Å². The number of piperazine rings is 1. The topological polar surface area (TPSA) is 89.1 Å². The fourth-order valence-electron chi connectivity index (χ4n) is 4.08. The molecule has 182 valence electrons. The van der Waals surface area contributed by atoms with Gasteiger partial charge < -0.3 is 29.3 Å². The van der Waals surface area contributed by atoms with Gasteiger partial charge in [0.1, 0.15) is 24.0 Å². The Hall–Kier alpha value is -3.66. The third-order valence-corrected chi connectivity index (χ3v) is 6.75. The van der Waals surface area contributed by atoms with Crippen LogP contribution < -0.4 is 29.3 Å². The Labute approximate surface area is 208 Å². The minimum Gasteiger partial charge on any atom is -0.495 e. The fraction of sp³-hybridized carbons (Fsp3) is 0.320. The third kappa shape index (κ3) is 5.54. The van der Waals surface area contributed by atoms with Crippen molar-refractivity contribution >= 4 is 34.9 Å². The standard InChI is InChI=1S/C25H27N5O4S/c1-32-20-5-3-2-4-19(20)29-10-12-30(13-11-29)23-8-9-25(28-27-23)35-17-24(31)26-18-6-7-21-22(16-18)34-15-14-33-21/h2-9,16H,10-15,17H2,1H3,(H,26,31). The normalized spacial score (nSPS) is 15.0. The van der Waals surface area contributed by atoms with Gasteiger partial charge in [-0.2, -0.15) is 0 Å². The number of para-hydroxylation sites is 2. The highest BCUT2D eigenvalue weighted by molar-refractivity contribution is 7.99. The van der Waals surface area contributed by atoms with E-state index in [1.807, 2.05) is 30.3 Å². The Morgan fingerprint density at radius 2 is 1.74 bits per heavy atom. The van der Waals surface area contributed by atoms with Gasteiger partial charge >= 0.3 is 0 Å². The van der Waals surface area contributed by atoms with Crippen molar-refractivity contribution in [3.05, 3.63) is 54.6 Å². The van der Waals surface area contributed by atoms with Gasteiger partial charge in [0.15, 0.2) is 17.3 Å². The molecule has 0 saturated carbocycles. The average molecular weight is 494 g/mol. The molecule has 1 aromatic heterocycles. The summed E-state index contributed by atoms with van der Waals surface area (Å²) in [6.07, 6.45) is 0. The van der Waals surface area contributed by atoms with E-state index in [-0.39, 0.29) is 11.7 Å². The van der Waals surface area contributed by atoms with Gasteiger partial charge in [0.2, 0.25) is 5.91 Å². The van der Waals surface area contributed by atoms with Crippen LogP contribution in [0.25, 0.3) is 0 Å². The first kappa shape index (κ1) is 23.1. The Morgan fingerprint density at radius 3 is 2.51 bits per heavy atom. The van der Waals surface area contributed by atoms with E-state index in [4.69, 9.17) is 14.2 Å². The smallest absolute Gasteiger partial charge is 0.234 e. The lowest BCUT2D eigenvalue weighted by Crippen LogP contribution is -2.47. The molecule has 0 aliphatic carbocycles. The Bertz CT molecular complexity index is 1170. The first-order valence-corrected chi connectivity index (χ1v) is 12.5. The van der Waals surface area contributed by atoms with Gasteiger partial charge in [0.25, 0.3) is 0 Å². The molecule has 0 bridgehead atoms. The predicted octanol–water partition coefficient (Wildman–Crippen LogP) is 3.31. The van der Waals surface area contributed by atoms with E-state index in [0.717, 1.165) is 43.4 Å². The monoisotopic (exact) mass is 493 g/mol. The number of amides is 1. The molecule has 1 amide bonds. The zero-order chi connectivity index (χ0) is 24.0. The molecule has 9 nitrogen and oxygen atoms in total. The van der Waals surface area contributed by atoms with Crippen molar-refractivity contribution in [3.8, 4) is 17.2 Å². The second-order valence-electron chi connectivity index (χ2n) is 8.07. The molecule has 5 rings (SSSR count). The van der Waals surface area contributed by atoms with Crippen LogP contribution in [0.1, 0.15) is 0 Å². The number of hydrogen-bond donors (Lipinski definition) is 1. The van der Waals surface area contributed by atoms with Crippen LogP contribution in [-0.2, 0) is 4.79 Å². The number of benzene rings is 2. The summed E-state index contributed by atoms with van der Waals surface area (Å²) in [5, 5.41) is 12.3. The van der Waals surface area contributed by atoms with Crippen LogP contribution >= 0.6 is 11.8 Å². The van der Waals surface area contributed by atoms with Crippen molar-refractivity contribution in [2.45, 2.75) is 5.03 Å². The van der Waals surface area contributed by atoms with Crippen molar-refractivity contribution in [1.29, 1.82) is 0 Å². The summed E-state index contributed by atoms with van der Waals surface area (Å²) < 4.78 is 16.6. The van der Waals surface area contributed by atoms with Crippen molar-refractivity contribution in [1.82, 2.24) is 10.2 Å². The van der Waals surface area contributed by atoms with Crippen LogP contribution in [0.5, 0.6) is 17.2 Å². The summed E-state index contributed by atoms with van der Waals surface area (Å²) in [5.74, 6) is 3.19. The number of rotatable bonds is 7. The van der Waals surface area contributed by atoms with Crippen LogP contribution in [-0.4, -0.2) is 68.4 Å². The van der Waals surface area contributed by atoms with E-state index in [0.29, 0.717) is 35.4 Å². The summed E-state index contributed by atoms with van der Waals surface area (Å²) in [5.41, 5.74) is 1.79. The van der Waals surface area contributed by atoms with E-state index in [2.05, 4.69) is 31.4 Å². The van der Waals surface area contributed by atoms with Crippen molar-refractivity contribution in [2.75, 3.05) is 67.4 Å². The molecular formula is C25H27N5O4S. The molecule has 0 unspecified atom stereocenters. The number of anilines is 3. The molecule has 1 saturated heterocycles. The molecule has 2 aliphatic heterocycles. The number of carbonyl (C=O) groups excluding carboxylic acids is 1. The van der Waals surface area contributed by atoms with Crippen molar-refractivity contribution in [3.63, 3.8) is 0 Å². The Balaban J connectivity index is 1.10. The van der Waals surface area contributed by atoms with Crippen LogP contribution in [0.2, 0.25) is 0 Å². The lowest BCUT2D eigenvalue weighted by atomic mass is 10.2. The number of nitrogens with zero attached hydrogens (tertiary/aromatic N) is 4. The molecule has 1 fully saturated rings. The molecule has 0 atom stereocenters. The maximum Gasteiger partial charge on any atom is 0.234 e. The fourth-order valence-corrected chi connectivity index (χ4v) is 4.70. The maximum atomic E-state index is 12.4. The van der Waals surface area contributed by atoms with E-state index < -0.39 is 0 Å². The third-order valence-electron chi connectivity index (χ3n) is 5.83. The van der Waals surface area contributed by atoms with Gasteiger partial charge in [-0.3, -0.25) is 4.79 Å². The predicted molar refractivity (Wildman–Crippen MR) is 136 cm³/mol. The molecule has 2 aliphatic rings. The first-order chi connectivity index (χ1) is 17.2. The largest absolute Gasteiger partial charge is 0.495 e. The molecular weight excluding hydrogens is 466 g/mol. The van der Waals surface area contributed by atoms with Crippen LogP contribution in [0.3, 0.4) is 0 Å². The second-order valence-corrected chi connectivity index (χ2v) is 9.07. The number of carbonyl (C=O) groups is 1. The first-order valence-electron chi connectivity index (χ1n) is 11.5. The van der Waals surface area contributed by atoms with Gasteiger partial charge in [-0.15, -0.1) is 10.2 Å². The highest BCUT2D eigenvalue weighted by Crippen LogP contribution is 2.33. The van der Waals surface area contributed by atoms with Gasteiger partial charge in [-0.25, -0.2) is 0 Å². The molecule has 10 heteroatoms. The number of thioether (sulfide) groups is 1. The number of aromatic nitrogens is 2. The van der Waals surface area contributed by atoms with E-state index in [1.165, 1.54) is 11.8 Å². The molecule has 0 radical (unpaired) electrons. The molecule has 3 aromatic rings. The van der Waals surface area contributed by atoms with E-state index in [9.17, 15) is 4.79 Å². The molecule has 35 heavy (non-hydrogen) atoms. The number of hydrogen-bond acceptors (Lipinski definition) is 9.